The molecule has 0 unspecified atom stereocenters. The van der Waals surface area contributed by atoms with Gasteiger partial charge in [-0.2, -0.15) is 0 Å². The van der Waals surface area contributed by atoms with Gasteiger partial charge in [0.1, 0.15) is 5.75 Å². The van der Waals surface area contributed by atoms with E-state index in [4.69, 9.17) is 4.74 Å². The predicted molar refractivity (Wildman–Crippen MR) is 75.6 cm³/mol. The van der Waals surface area contributed by atoms with Gasteiger partial charge in [-0.1, -0.05) is 28.1 Å². The van der Waals surface area contributed by atoms with Gasteiger partial charge in [-0.05, 0) is 23.6 Å². The van der Waals surface area contributed by atoms with Crippen LogP contribution in [0.4, 0.5) is 8.78 Å². The summed E-state index contributed by atoms with van der Waals surface area (Å²) in [4.78, 5) is 1.79. The molecular weight excluding hydrogens is 316 g/mol. The summed E-state index contributed by atoms with van der Waals surface area (Å²) in [6.45, 7) is 1.91. The van der Waals surface area contributed by atoms with E-state index in [0.29, 0.717) is 13.1 Å². The van der Waals surface area contributed by atoms with E-state index in [1.54, 1.807) is 4.90 Å². The van der Waals surface area contributed by atoms with Crippen LogP contribution in [0, 0.1) is 0 Å². The number of rotatable bonds is 7. The molecule has 106 valence electrons. The first-order chi connectivity index (χ1) is 9.19. The molecule has 1 aliphatic heterocycles. The molecule has 0 bridgehead atoms. The topological polar surface area (TPSA) is 12.5 Å². The number of benzene rings is 1. The zero-order valence-corrected chi connectivity index (χ0v) is 12.3. The van der Waals surface area contributed by atoms with Crippen molar-refractivity contribution in [2.24, 2.45) is 0 Å². The predicted octanol–water partition coefficient (Wildman–Crippen LogP) is 3.13. The van der Waals surface area contributed by atoms with Crippen LogP contribution in [0.1, 0.15) is 11.1 Å². The number of halogens is 3. The smallest absolute Gasteiger partial charge is 0.251 e. The zero-order chi connectivity index (χ0) is 13.7. The lowest BCUT2D eigenvalue weighted by Gasteiger charge is -2.20. The highest BCUT2D eigenvalue weighted by Crippen LogP contribution is 2.26. The van der Waals surface area contributed by atoms with Crippen molar-refractivity contribution in [3.63, 3.8) is 0 Å². The molecule has 0 N–H and O–H groups in total. The molecule has 1 aromatic rings. The van der Waals surface area contributed by atoms with Gasteiger partial charge < -0.3 is 4.74 Å². The van der Waals surface area contributed by atoms with Crippen LogP contribution in [0.5, 0.6) is 5.75 Å². The second kappa shape index (κ2) is 7.20. The Morgan fingerprint density at radius 3 is 2.89 bits per heavy atom. The van der Waals surface area contributed by atoms with E-state index in [1.165, 1.54) is 11.1 Å². The van der Waals surface area contributed by atoms with Gasteiger partial charge in [0.2, 0.25) is 0 Å². The molecule has 0 aromatic heterocycles. The molecule has 2 rings (SSSR count). The van der Waals surface area contributed by atoms with Crippen molar-refractivity contribution in [1.29, 1.82) is 0 Å². The van der Waals surface area contributed by atoms with Gasteiger partial charge in [0.25, 0.3) is 6.43 Å². The van der Waals surface area contributed by atoms with Gasteiger partial charge in [-0.3, -0.25) is 4.90 Å². The lowest BCUT2D eigenvalue weighted by atomic mass is 10.1. The van der Waals surface area contributed by atoms with E-state index < -0.39 is 6.43 Å². The lowest BCUT2D eigenvalue weighted by Crippen LogP contribution is -2.32. The van der Waals surface area contributed by atoms with Gasteiger partial charge in [-0.15, -0.1) is 0 Å². The molecule has 0 aliphatic carbocycles. The second-order valence-corrected chi connectivity index (χ2v) is 5.46. The average molecular weight is 334 g/mol. The van der Waals surface area contributed by atoms with E-state index in [-0.39, 0.29) is 6.54 Å². The normalized spacial score (nSPS) is 13.9. The van der Waals surface area contributed by atoms with E-state index >= 15 is 0 Å². The van der Waals surface area contributed by atoms with Gasteiger partial charge in [-0.25, -0.2) is 8.78 Å². The molecule has 0 fully saturated rings. The summed E-state index contributed by atoms with van der Waals surface area (Å²) in [7, 11) is 0. The number of fused-ring (bicyclic) bond motifs is 1. The molecule has 0 amide bonds. The molecule has 0 saturated heterocycles. The van der Waals surface area contributed by atoms with Crippen LogP contribution in [0.3, 0.4) is 0 Å². The average Bonchev–Trinajstić information content (AvgIpc) is 2.83. The molecule has 5 heteroatoms. The molecule has 1 aromatic carbocycles. The Labute approximate surface area is 120 Å². The minimum Gasteiger partial charge on any atom is -0.493 e. The van der Waals surface area contributed by atoms with E-state index in [1.807, 2.05) is 12.1 Å². The Balaban J connectivity index is 1.89. The Hall–Kier alpha value is -0.680. The third-order valence-electron chi connectivity index (χ3n) is 3.27. The summed E-state index contributed by atoms with van der Waals surface area (Å²) in [6.07, 6.45) is -0.523. The standard InChI is InChI=1S/C14H18BrF2NO/c15-5-7-18(10-14(16)17)6-3-11-1-2-13-12(9-11)4-8-19-13/h1-2,9,14H,3-8,10H2. The minimum atomic E-state index is -2.27. The number of nitrogens with zero attached hydrogens (tertiary/aromatic N) is 1. The fraction of sp³-hybridized carbons (Fsp3) is 0.571. The number of hydrogen-bond donors (Lipinski definition) is 0. The van der Waals surface area contributed by atoms with Gasteiger partial charge in [0, 0.05) is 24.8 Å². The minimum absolute atomic E-state index is 0.153. The molecular formula is C14H18BrF2NO. The first kappa shape index (κ1) is 14.7. The quantitative estimate of drug-likeness (QED) is 0.711. The van der Waals surface area contributed by atoms with Gasteiger partial charge >= 0.3 is 0 Å². The fourth-order valence-corrected chi connectivity index (χ4v) is 2.79. The zero-order valence-electron chi connectivity index (χ0n) is 10.7. The van der Waals surface area contributed by atoms with Crippen LogP contribution in [0.15, 0.2) is 18.2 Å². The molecule has 1 aliphatic rings. The third kappa shape index (κ3) is 4.42. The van der Waals surface area contributed by atoms with Crippen molar-refractivity contribution in [1.82, 2.24) is 4.90 Å². The third-order valence-corrected chi connectivity index (χ3v) is 3.62. The SMILES string of the molecule is FC(F)CN(CCBr)CCc1ccc2c(c1)CCO2. The molecule has 1 heterocycles. The first-order valence-corrected chi connectivity index (χ1v) is 7.62. The maximum atomic E-state index is 12.4. The van der Waals surface area contributed by atoms with Crippen molar-refractivity contribution >= 4 is 15.9 Å². The van der Waals surface area contributed by atoms with Crippen LogP contribution in [-0.4, -0.2) is 42.9 Å². The van der Waals surface area contributed by atoms with E-state index in [9.17, 15) is 8.78 Å². The molecule has 0 spiro atoms. The van der Waals surface area contributed by atoms with Crippen LogP contribution < -0.4 is 4.74 Å². The first-order valence-electron chi connectivity index (χ1n) is 6.50. The maximum Gasteiger partial charge on any atom is 0.251 e. The van der Waals surface area contributed by atoms with Crippen LogP contribution >= 0.6 is 15.9 Å². The maximum absolute atomic E-state index is 12.4. The van der Waals surface area contributed by atoms with Crippen molar-refractivity contribution in [3.05, 3.63) is 29.3 Å². The summed E-state index contributed by atoms with van der Waals surface area (Å²) < 4.78 is 30.3. The van der Waals surface area contributed by atoms with E-state index in [2.05, 4.69) is 22.0 Å². The van der Waals surface area contributed by atoms with Crippen molar-refractivity contribution in [2.45, 2.75) is 19.3 Å². The van der Waals surface area contributed by atoms with Crippen LogP contribution in [0.2, 0.25) is 0 Å². The number of alkyl halides is 3. The molecule has 19 heavy (non-hydrogen) atoms. The Kier molecular flexibility index (Phi) is 5.58. The summed E-state index contributed by atoms with van der Waals surface area (Å²) in [5, 5.41) is 0.720. The highest BCUT2D eigenvalue weighted by molar-refractivity contribution is 9.09. The highest BCUT2D eigenvalue weighted by atomic mass is 79.9. The Morgan fingerprint density at radius 2 is 2.16 bits per heavy atom. The van der Waals surface area contributed by atoms with Gasteiger partial charge in [0.15, 0.2) is 0 Å². The van der Waals surface area contributed by atoms with Crippen molar-refractivity contribution in [3.8, 4) is 5.75 Å². The Morgan fingerprint density at radius 1 is 1.32 bits per heavy atom. The molecule has 2 nitrogen and oxygen atoms in total. The van der Waals surface area contributed by atoms with Gasteiger partial charge in [0.05, 0.1) is 13.2 Å². The summed E-state index contributed by atoms with van der Waals surface area (Å²) >= 11 is 3.30. The summed E-state index contributed by atoms with van der Waals surface area (Å²) in [6, 6.07) is 6.15. The fourth-order valence-electron chi connectivity index (χ4n) is 2.29. The van der Waals surface area contributed by atoms with E-state index in [0.717, 1.165) is 30.5 Å². The summed E-state index contributed by atoms with van der Waals surface area (Å²) in [5.41, 5.74) is 2.43. The number of ether oxygens (including phenoxy) is 1. The van der Waals surface area contributed by atoms with Crippen LogP contribution in [-0.2, 0) is 12.8 Å². The molecule has 0 radical (unpaired) electrons. The summed E-state index contributed by atoms with van der Waals surface area (Å²) in [5.74, 6) is 0.966. The molecule has 0 atom stereocenters. The lowest BCUT2D eigenvalue weighted by molar-refractivity contribution is 0.0919. The Bertz CT molecular complexity index is 414. The largest absolute Gasteiger partial charge is 0.493 e. The van der Waals surface area contributed by atoms with Crippen molar-refractivity contribution in [2.75, 3.05) is 31.6 Å². The molecule has 0 saturated carbocycles. The second-order valence-electron chi connectivity index (χ2n) is 4.67. The number of hydrogen-bond acceptors (Lipinski definition) is 2. The van der Waals surface area contributed by atoms with Crippen LogP contribution in [0.25, 0.3) is 0 Å². The van der Waals surface area contributed by atoms with Crippen molar-refractivity contribution < 1.29 is 13.5 Å². The monoisotopic (exact) mass is 333 g/mol. The highest BCUT2D eigenvalue weighted by Gasteiger charge is 2.14.